The maximum atomic E-state index is 12.8. The average molecular weight is 256 g/mol. The van der Waals surface area contributed by atoms with E-state index in [0.29, 0.717) is 24.3 Å². The topological polar surface area (TPSA) is 33.1 Å². The van der Waals surface area contributed by atoms with Crippen LogP contribution in [0.5, 0.6) is 0 Å². The Labute approximate surface area is 105 Å². The maximum Gasteiger partial charge on any atom is 0.319 e. The van der Waals surface area contributed by atoms with Gasteiger partial charge in [-0.3, -0.25) is 9.47 Å². The summed E-state index contributed by atoms with van der Waals surface area (Å²) in [4.78, 5) is 6.37. The second kappa shape index (κ2) is 4.93. The summed E-state index contributed by atoms with van der Waals surface area (Å²) in [5.74, 6) is 1.14. The number of alkyl halides is 2. The number of nitrogens with one attached hydrogen (secondary N) is 1. The number of nitrogens with zero attached hydrogens (tertiary/aromatic N) is 3. The predicted octanol–water partition coefficient (Wildman–Crippen LogP) is 1.46. The number of imidazole rings is 1. The van der Waals surface area contributed by atoms with Crippen LogP contribution >= 0.6 is 0 Å². The highest BCUT2D eigenvalue weighted by Crippen LogP contribution is 2.27. The van der Waals surface area contributed by atoms with Crippen molar-refractivity contribution in [2.24, 2.45) is 5.92 Å². The third kappa shape index (κ3) is 2.14. The Morgan fingerprint density at radius 3 is 3.17 bits per heavy atom. The van der Waals surface area contributed by atoms with Gasteiger partial charge in [0.25, 0.3) is 0 Å². The van der Waals surface area contributed by atoms with Gasteiger partial charge in [-0.15, -0.1) is 0 Å². The highest BCUT2D eigenvalue weighted by atomic mass is 19.3. The second-order valence-electron chi connectivity index (χ2n) is 5.13. The molecule has 2 aliphatic rings. The zero-order chi connectivity index (χ0) is 12.5. The second-order valence-corrected chi connectivity index (χ2v) is 5.13. The highest BCUT2D eigenvalue weighted by Gasteiger charge is 2.35. The van der Waals surface area contributed by atoms with Crippen molar-refractivity contribution >= 4 is 0 Å². The molecule has 2 atom stereocenters. The molecule has 0 amide bonds. The zero-order valence-corrected chi connectivity index (χ0v) is 10.2. The first-order chi connectivity index (χ1) is 8.75. The number of likely N-dealkylation sites (tertiary alicyclic amines) is 1. The number of rotatable bonds is 3. The van der Waals surface area contributed by atoms with Crippen molar-refractivity contribution in [2.45, 2.75) is 32.0 Å². The van der Waals surface area contributed by atoms with Gasteiger partial charge >= 0.3 is 6.55 Å². The molecule has 2 unspecified atom stereocenters. The molecule has 1 aromatic rings. The monoisotopic (exact) mass is 256 g/mol. The summed E-state index contributed by atoms with van der Waals surface area (Å²) in [6.07, 6.45) is 5.21. The number of hydrogen-bond donors (Lipinski definition) is 1. The SMILES string of the molecule is FC(F)n1ccnc1CN1CCCC2CNCC21. The molecule has 18 heavy (non-hydrogen) atoms. The molecule has 0 aromatic carbocycles. The van der Waals surface area contributed by atoms with Crippen molar-refractivity contribution in [3.8, 4) is 0 Å². The number of aromatic nitrogens is 2. The number of halogens is 2. The molecule has 1 aromatic heterocycles. The van der Waals surface area contributed by atoms with E-state index in [0.717, 1.165) is 30.6 Å². The van der Waals surface area contributed by atoms with Crippen molar-refractivity contribution in [1.82, 2.24) is 19.8 Å². The summed E-state index contributed by atoms with van der Waals surface area (Å²) >= 11 is 0. The van der Waals surface area contributed by atoms with Crippen LogP contribution < -0.4 is 5.32 Å². The fraction of sp³-hybridized carbons (Fsp3) is 0.750. The molecule has 100 valence electrons. The molecule has 0 bridgehead atoms. The van der Waals surface area contributed by atoms with Crippen LogP contribution in [0, 0.1) is 5.92 Å². The molecule has 0 radical (unpaired) electrons. The van der Waals surface area contributed by atoms with Crippen LogP contribution in [0.4, 0.5) is 8.78 Å². The average Bonchev–Trinajstić information content (AvgIpc) is 2.96. The lowest BCUT2D eigenvalue weighted by Crippen LogP contribution is -2.44. The minimum Gasteiger partial charge on any atom is -0.315 e. The molecule has 2 fully saturated rings. The van der Waals surface area contributed by atoms with Crippen molar-refractivity contribution in [1.29, 1.82) is 0 Å². The van der Waals surface area contributed by atoms with Crippen LogP contribution in [-0.4, -0.2) is 40.1 Å². The molecule has 2 saturated heterocycles. The number of fused-ring (bicyclic) bond motifs is 1. The molecule has 6 heteroatoms. The van der Waals surface area contributed by atoms with Crippen LogP contribution in [0.1, 0.15) is 25.2 Å². The quantitative estimate of drug-likeness (QED) is 0.889. The van der Waals surface area contributed by atoms with Gasteiger partial charge in [-0.25, -0.2) is 4.98 Å². The molecular formula is C12H18F2N4. The smallest absolute Gasteiger partial charge is 0.315 e. The van der Waals surface area contributed by atoms with Gasteiger partial charge in [0.2, 0.25) is 0 Å². The normalized spacial score (nSPS) is 28.8. The molecular weight excluding hydrogens is 238 g/mol. The predicted molar refractivity (Wildman–Crippen MR) is 63.3 cm³/mol. The summed E-state index contributed by atoms with van der Waals surface area (Å²) in [6, 6.07) is 0.488. The Balaban J connectivity index is 1.73. The van der Waals surface area contributed by atoms with E-state index in [2.05, 4.69) is 15.2 Å². The van der Waals surface area contributed by atoms with E-state index < -0.39 is 6.55 Å². The lowest BCUT2D eigenvalue weighted by Gasteiger charge is -2.36. The first kappa shape index (κ1) is 12.0. The van der Waals surface area contributed by atoms with Gasteiger partial charge in [0.1, 0.15) is 5.82 Å². The summed E-state index contributed by atoms with van der Waals surface area (Å²) in [7, 11) is 0. The standard InChI is InChI=1S/C12H18F2N4/c13-12(14)18-5-3-16-11(18)8-17-4-1-2-9-6-15-7-10(9)17/h3,5,9-10,12,15H,1-2,4,6-8H2. The van der Waals surface area contributed by atoms with E-state index in [1.165, 1.54) is 18.8 Å². The van der Waals surface area contributed by atoms with Crippen LogP contribution in [0.2, 0.25) is 0 Å². The van der Waals surface area contributed by atoms with Crippen molar-refractivity contribution in [2.75, 3.05) is 19.6 Å². The van der Waals surface area contributed by atoms with Gasteiger partial charge < -0.3 is 5.32 Å². The minimum absolute atomic E-state index is 0.470. The van der Waals surface area contributed by atoms with Gasteiger partial charge in [-0.05, 0) is 31.8 Å². The van der Waals surface area contributed by atoms with Gasteiger partial charge in [0, 0.05) is 25.0 Å². The first-order valence-electron chi connectivity index (χ1n) is 6.50. The van der Waals surface area contributed by atoms with E-state index in [-0.39, 0.29) is 0 Å². The lowest BCUT2D eigenvalue weighted by atomic mass is 9.92. The van der Waals surface area contributed by atoms with Crippen molar-refractivity contribution in [3.05, 3.63) is 18.2 Å². The number of hydrogen-bond acceptors (Lipinski definition) is 3. The van der Waals surface area contributed by atoms with Crippen molar-refractivity contribution < 1.29 is 8.78 Å². The lowest BCUT2D eigenvalue weighted by molar-refractivity contribution is 0.0576. The maximum absolute atomic E-state index is 12.8. The highest BCUT2D eigenvalue weighted by molar-refractivity contribution is 4.98. The Bertz CT molecular complexity index is 407. The summed E-state index contributed by atoms with van der Waals surface area (Å²) in [5, 5.41) is 3.39. The minimum atomic E-state index is -2.50. The Kier molecular flexibility index (Phi) is 3.30. The Hall–Kier alpha value is -1.01. The molecule has 4 nitrogen and oxygen atoms in total. The van der Waals surface area contributed by atoms with Crippen LogP contribution in [-0.2, 0) is 6.54 Å². The molecule has 3 heterocycles. The van der Waals surface area contributed by atoms with E-state index in [1.54, 1.807) is 0 Å². The fourth-order valence-corrected chi connectivity index (χ4v) is 3.19. The van der Waals surface area contributed by atoms with Gasteiger partial charge in [0.15, 0.2) is 0 Å². The number of piperidine rings is 1. The van der Waals surface area contributed by atoms with Crippen LogP contribution in [0.25, 0.3) is 0 Å². The van der Waals surface area contributed by atoms with E-state index in [9.17, 15) is 8.78 Å². The van der Waals surface area contributed by atoms with Gasteiger partial charge in [0.05, 0.1) is 6.54 Å². The van der Waals surface area contributed by atoms with Crippen LogP contribution in [0.15, 0.2) is 12.4 Å². The van der Waals surface area contributed by atoms with E-state index >= 15 is 0 Å². The Morgan fingerprint density at radius 1 is 1.44 bits per heavy atom. The fourth-order valence-electron chi connectivity index (χ4n) is 3.19. The summed E-state index contributed by atoms with van der Waals surface area (Å²) in [5.41, 5.74) is 0. The van der Waals surface area contributed by atoms with Crippen molar-refractivity contribution in [3.63, 3.8) is 0 Å². The van der Waals surface area contributed by atoms with E-state index in [4.69, 9.17) is 0 Å². The van der Waals surface area contributed by atoms with Gasteiger partial charge in [-0.2, -0.15) is 8.78 Å². The van der Waals surface area contributed by atoms with E-state index in [1.807, 2.05) is 0 Å². The summed E-state index contributed by atoms with van der Waals surface area (Å²) in [6.45, 7) is 1.05. The Morgan fingerprint density at radius 2 is 2.33 bits per heavy atom. The molecule has 2 aliphatic heterocycles. The molecule has 0 spiro atoms. The third-order valence-electron chi connectivity index (χ3n) is 4.10. The van der Waals surface area contributed by atoms with Crippen LogP contribution in [0.3, 0.4) is 0 Å². The summed E-state index contributed by atoms with van der Waals surface area (Å²) < 4.78 is 26.5. The first-order valence-corrected chi connectivity index (χ1v) is 6.50. The molecule has 1 N–H and O–H groups in total. The zero-order valence-electron chi connectivity index (χ0n) is 10.2. The molecule has 0 saturated carbocycles. The largest absolute Gasteiger partial charge is 0.319 e. The third-order valence-corrected chi connectivity index (χ3v) is 4.10. The molecule has 3 rings (SSSR count). The molecule has 0 aliphatic carbocycles. The van der Waals surface area contributed by atoms with Gasteiger partial charge in [-0.1, -0.05) is 0 Å².